The minimum absolute atomic E-state index is 0.0787. The van der Waals surface area contributed by atoms with E-state index >= 15 is 0 Å². The van der Waals surface area contributed by atoms with Crippen LogP contribution < -0.4 is 20.9 Å². The third-order valence-corrected chi connectivity index (χ3v) is 5.92. The highest BCUT2D eigenvalue weighted by Gasteiger charge is 2.31. The van der Waals surface area contributed by atoms with Gasteiger partial charge in [-0.1, -0.05) is 42.5 Å². The maximum atomic E-state index is 12.6. The van der Waals surface area contributed by atoms with Crippen LogP contribution in [-0.2, 0) is 11.3 Å². The Morgan fingerprint density at radius 3 is 2.69 bits per heavy atom. The van der Waals surface area contributed by atoms with Crippen molar-refractivity contribution in [3.05, 3.63) is 65.7 Å². The minimum Gasteiger partial charge on any atom is -0.497 e. The zero-order chi connectivity index (χ0) is 20.1. The van der Waals surface area contributed by atoms with Gasteiger partial charge >= 0.3 is 0 Å². The van der Waals surface area contributed by atoms with Crippen molar-refractivity contribution in [1.29, 1.82) is 0 Å². The highest BCUT2D eigenvalue weighted by molar-refractivity contribution is 5.82. The van der Waals surface area contributed by atoms with E-state index < -0.39 is 0 Å². The predicted octanol–water partition coefficient (Wildman–Crippen LogP) is 2.24. The van der Waals surface area contributed by atoms with Crippen LogP contribution in [0.15, 0.2) is 54.6 Å². The van der Waals surface area contributed by atoms with Gasteiger partial charge in [-0.2, -0.15) is 0 Å². The number of amides is 1. The number of hydrogen-bond acceptors (Lipinski definition) is 5. The highest BCUT2D eigenvalue weighted by atomic mass is 16.5. The lowest BCUT2D eigenvalue weighted by molar-refractivity contribution is -0.123. The Bertz CT molecular complexity index is 796. The number of carbonyl (C=O) groups excluding carboxylic acids is 1. The number of likely N-dealkylation sites (tertiary alicyclic amines) is 1. The van der Waals surface area contributed by atoms with Crippen molar-refractivity contribution in [3.63, 3.8) is 0 Å². The standard InChI is InChI=1S/C23H30N4O2/c1-29-20-9-7-19(8-10-20)21-13-22(26-25-21)23(28)24-14-18-11-12-27(16-18)15-17-5-3-2-4-6-17/h2-10,18,21-22,25-26H,11-16H2,1H3,(H,24,28). The Hall–Kier alpha value is -2.41. The Kier molecular flexibility index (Phi) is 6.44. The van der Waals surface area contributed by atoms with Crippen molar-refractivity contribution >= 4 is 5.91 Å². The van der Waals surface area contributed by atoms with Gasteiger partial charge in [0.1, 0.15) is 11.8 Å². The van der Waals surface area contributed by atoms with Crippen LogP contribution in [0.4, 0.5) is 0 Å². The van der Waals surface area contributed by atoms with Crippen LogP contribution in [-0.4, -0.2) is 43.6 Å². The molecule has 2 aromatic rings. The number of carbonyl (C=O) groups is 1. The average Bonchev–Trinajstić information content (AvgIpc) is 3.43. The molecule has 0 spiro atoms. The number of nitrogens with zero attached hydrogens (tertiary/aromatic N) is 1. The minimum atomic E-state index is -0.205. The van der Waals surface area contributed by atoms with Gasteiger partial charge in [-0.25, -0.2) is 10.9 Å². The molecule has 2 aromatic carbocycles. The molecule has 154 valence electrons. The summed E-state index contributed by atoms with van der Waals surface area (Å²) in [6.07, 6.45) is 1.88. The second-order valence-electron chi connectivity index (χ2n) is 8.02. The first-order valence-corrected chi connectivity index (χ1v) is 10.4. The van der Waals surface area contributed by atoms with E-state index in [4.69, 9.17) is 4.74 Å². The lowest BCUT2D eigenvalue weighted by Gasteiger charge is -2.17. The number of hydrogen-bond donors (Lipinski definition) is 3. The van der Waals surface area contributed by atoms with Crippen molar-refractivity contribution in [2.24, 2.45) is 5.92 Å². The molecular weight excluding hydrogens is 364 g/mol. The van der Waals surface area contributed by atoms with Gasteiger partial charge in [0.05, 0.1) is 7.11 Å². The van der Waals surface area contributed by atoms with Crippen molar-refractivity contribution in [1.82, 2.24) is 21.1 Å². The first-order chi connectivity index (χ1) is 14.2. The molecule has 6 heteroatoms. The van der Waals surface area contributed by atoms with Crippen LogP contribution in [0.5, 0.6) is 5.75 Å². The van der Waals surface area contributed by atoms with Gasteiger partial charge < -0.3 is 10.1 Å². The highest BCUT2D eigenvalue weighted by Crippen LogP contribution is 2.24. The van der Waals surface area contributed by atoms with Crippen molar-refractivity contribution in [2.75, 3.05) is 26.7 Å². The van der Waals surface area contributed by atoms with Gasteiger partial charge in [0.2, 0.25) is 5.91 Å². The predicted molar refractivity (Wildman–Crippen MR) is 113 cm³/mol. The molecule has 2 aliphatic heterocycles. The van der Waals surface area contributed by atoms with Gasteiger partial charge in [-0.15, -0.1) is 0 Å². The fraction of sp³-hybridized carbons (Fsp3) is 0.435. The van der Waals surface area contributed by atoms with E-state index in [1.165, 1.54) is 5.56 Å². The third-order valence-electron chi connectivity index (χ3n) is 5.92. The van der Waals surface area contributed by atoms with E-state index in [-0.39, 0.29) is 18.0 Å². The number of nitrogens with one attached hydrogen (secondary N) is 3. The quantitative estimate of drug-likeness (QED) is 0.672. The van der Waals surface area contributed by atoms with E-state index in [2.05, 4.69) is 51.4 Å². The number of methoxy groups -OCH3 is 1. The molecule has 2 saturated heterocycles. The monoisotopic (exact) mass is 394 g/mol. The lowest BCUT2D eigenvalue weighted by Crippen LogP contribution is -2.44. The van der Waals surface area contributed by atoms with Gasteiger partial charge in [0, 0.05) is 25.7 Å². The van der Waals surface area contributed by atoms with E-state index in [1.807, 2.05) is 24.3 Å². The maximum absolute atomic E-state index is 12.6. The first kappa shape index (κ1) is 19.9. The fourth-order valence-corrected chi connectivity index (χ4v) is 4.22. The second-order valence-corrected chi connectivity index (χ2v) is 8.02. The van der Waals surface area contributed by atoms with E-state index in [1.54, 1.807) is 7.11 Å². The number of hydrazine groups is 1. The van der Waals surface area contributed by atoms with Crippen molar-refractivity contribution < 1.29 is 9.53 Å². The van der Waals surface area contributed by atoms with Gasteiger partial charge in [0.15, 0.2) is 0 Å². The van der Waals surface area contributed by atoms with Crippen LogP contribution in [0, 0.1) is 5.92 Å². The molecule has 29 heavy (non-hydrogen) atoms. The summed E-state index contributed by atoms with van der Waals surface area (Å²) < 4.78 is 5.21. The first-order valence-electron chi connectivity index (χ1n) is 10.4. The van der Waals surface area contributed by atoms with E-state index in [0.29, 0.717) is 5.92 Å². The smallest absolute Gasteiger partial charge is 0.238 e. The molecule has 1 amide bonds. The Labute approximate surface area is 172 Å². The summed E-state index contributed by atoms with van der Waals surface area (Å²) in [6, 6.07) is 18.5. The van der Waals surface area contributed by atoms with E-state index in [9.17, 15) is 4.79 Å². The van der Waals surface area contributed by atoms with Crippen LogP contribution in [0.1, 0.15) is 30.0 Å². The van der Waals surface area contributed by atoms with Crippen LogP contribution in [0.25, 0.3) is 0 Å². The van der Waals surface area contributed by atoms with Crippen molar-refractivity contribution in [3.8, 4) is 5.75 Å². The largest absolute Gasteiger partial charge is 0.497 e. The number of ether oxygens (including phenoxy) is 1. The van der Waals surface area contributed by atoms with Gasteiger partial charge in [-0.05, 0) is 48.6 Å². The molecule has 0 radical (unpaired) electrons. The zero-order valence-corrected chi connectivity index (χ0v) is 16.9. The van der Waals surface area contributed by atoms with E-state index in [0.717, 1.165) is 50.3 Å². The van der Waals surface area contributed by atoms with Crippen LogP contribution >= 0.6 is 0 Å². The summed E-state index contributed by atoms with van der Waals surface area (Å²) in [7, 11) is 1.66. The maximum Gasteiger partial charge on any atom is 0.238 e. The second kappa shape index (κ2) is 9.39. The molecule has 0 saturated carbocycles. The summed E-state index contributed by atoms with van der Waals surface area (Å²) in [5.74, 6) is 1.44. The molecule has 3 atom stereocenters. The van der Waals surface area contributed by atoms with Crippen LogP contribution in [0.2, 0.25) is 0 Å². The Morgan fingerprint density at radius 1 is 1.14 bits per heavy atom. The SMILES string of the molecule is COc1ccc(C2CC(C(=O)NCC3CCN(Cc4ccccc4)C3)NN2)cc1. The third kappa shape index (κ3) is 5.15. The summed E-state index contributed by atoms with van der Waals surface area (Å²) in [4.78, 5) is 15.1. The van der Waals surface area contributed by atoms with Gasteiger partial charge in [0.25, 0.3) is 0 Å². The fourth-order valence-electron chi connectivity index (χ4n) is 4.22. The molecule has 3 N–H and O–H groups in total. The molecule has 3 unspecified atom stereocenters. The molecule has 0 aliphatic carbocycles. The summed E-state index contributed by atoms with van der Waals surface area (Å²) in [5, 5.41) is 3.15. The zero-order valence-electron chi connectivity index (χ0n) is 16.9. The molecule has 6 nitrogen and oxygen atoms in total. The molecule has 0 aromatic heterocycles. The molecule has 2 aliphatic rings. The summed E-state index contributed by atoms with van der Waals surface area (Å²) >= 11 is 0. The van der Waals surface area contributed by atoms with Crippen LogP contribution in [0.3, 0.4) is 0 Å². The lowest BCUT2D eigenvalue weighted by atomic mass is 10.0. The molecule has 2 heterocycles. The number of benzene rings is 2. The number of rotatable bonds is 7. The molecule has 4 rings (SSSR count). The molecule has 0 bridgehead atoms. The summed E-state index contributed by atoms with van der Waals surface area (Å²) in [6.45, 7) is 3.87. The topological polar surface area (TPSA) is 65.6 Å². The van der Waals surface area contributed by atoms with Gasteiger partial charge in [-0.3, -0.25) is 9.69 Å². The molecular formula is C23H30N4O2. The Morgan fingerprint density at radius 2 is 1.93 bits per heavy atom. The average molecular weight is 395 g/mol. The normalized spacial score (nSPS) is 24.5. The Balaban J connectivity index is 1.20. The van der Waals surface area contributed by atoms with Crippen molar-refractivity contribution in [2.45, 2.75) is 31.5 Å². The molecule has 2 fully saturated rings. The summed E-state index contributed by atoms with van der Waals surface area (Å²) in [5.41, 5.74) is 8.89.